The summed E-state index contributed by atoms with van der Waals surface area (Å²) in [4.78, 5) is 11.6. The van der Waals surface area contributed by atoms with E-state index in [1.165, 1.54) is 19.2 Å². The third kappa shape index (κ3) is 4.90. The van der Waals surface area contributed by atoms with Gasteiger partial charge in [0.25, 0.3) is 0 Å². The molecule has 0 aliphatic heterocycles. The molecule has 0 aromatic heterocycles. The van der Waals surface area contributed by atoms with E-state index in [0.717, 1.165) is 0 Å². The molecule has 19 heavy (non-hydrogen) atoms. The van der Waals surface area contributed by atoms with Crippen molar-refractivity contribution in [3.63, 3.8) is 0 Å². The number of methoxy groups -OCH3 is 1. The first kappa shape index (κ1) is 15.5. The molecule has 0 bridgehead atoms. The van der Waals surface area contributed by atoms with Crippen molar-refractivity contribution in [2.24, 2.45) is 0 Å². The lowest BCUT2D eigenvalue weighted by molar-refractivity contribution is -0.0331. The number of hydrogen-bond donors (Lipinski definition) is 1. The number of nitrogen functional groups attached to an aromatic ring is 1. The molecule has 1 aromatic rings. The van der Waals surface area contributed by atoms with Crippen molar-refractivity contribution in [2.45, 2.75) is 5.51 Å². The lowest BCUT2D eigenvalue weighted by atomic mass is 10.1. The third-order valence-electron chi connectivity index (χ3n) is 2.09. The van der Waals surface area contributed by atoms with E-state index in [9.17, 15) is 18.0 Å². The summed E-state index contributed by atoms with van der Waals surface area (Å²) < 4.78 is 45.2. The van der Waals surface area contributed by atoms with Crippen LogP contribution in [0.4, 0.5) is 18.9 Å². The van der Waals surface area contributed by atoms with E-state index in [0.29, 0.717) is 5.75 Å². The molecule has 0 spiro atoms. The first-order chi connectivity index (χ1) is 8.85. The fourth-order valence-corrected chi connectivity index (χ4v) is 1.67. The second-order valence-electron chi connectivity index (χ2n) is 3.35. The highest BCUT2D eigenvalue weighted by Gasteiger charge is 2.27. The fourth-order valence-electron chi connectivity index (χ4n) is 1.27. The van der Waals surface area contributed by atoms with Crippen LogP contribution in [0.25, 0.3) is 0 Å². The third-order valence-corrected chi connectivity index (χ3v) is 2.79. The zero-order chi connectivity index (χ0) is 14.5. The monoisotopic (exact) mass is 295 g/mol. The average Bonchev–Trinajstić information content (AvgIpc) is 2.33. The topological polar surface area (TPSA) is 61.5 Å². The standard InChI is InChI=1S/C11H12F3NO3S/c1-17-8-4-2-3-7(9(8)15)10(16)18-5-6-19-11(12,13)14/h2-4H,5-6,15H2,1H3. The van der Waals surface area contributed by atoms with Crippen LogP contribution in [0.1, 0.15) is 10.4 Å². The maximum Gasteiger partial charge on any atom is 0.441 e. The van der Waals surface area contributed by atoms with Gasteiger partial charge in [0.1, 0.15) is 12.4 Å². The van der Waals surface area contributed by atoms with Gasteiger partial charge in [-0.2, -0.15) is 13.2 Å². The van der Waals surface area contributed by atoms with E-state index in [-0.39, 0.29) is 35.4 Å². The van der Waals surface area contributed by atoms with Gasteiger partial charge in [0.2, 0.25) is 0 Å². The van der Waals surface area contributed by atoms with Crippen molar-refractivity contribution < 1.29 is 27.4 Å². The van der Waals surface area contributed by atoms with Gasteiger partial charge in [-0.15, -0.1) is 0 Å². The highest BCUT2D eigenvalue weighted by molar-refractivity contribution is 8.00. The largest absolute Gasteiger partial charge is 0.495 e. The first-order valence-electron chi connectivity index (χ1n) is 5.15. The lowest BCUT2D eigenvalue weighted by Crippen LogP contribution is -2.12. The zero-order valence-electron chi connectivity index (χ0n) is 9.99. The normalized spacial score (nSPS) is 11.2. The Hall–Kier alpha value is -1.57. The number of hydrogen-bond acceptors (Lipinski definition) is 5. The van der Waals surface area contributed by atoms with E-state index in [1.807, 2.05) is 0 Å². The van der Waals surface area contributed by atoms with Crippen LogP contribution in [-0.2, 0) is 4.74 Å². The van der Waals surface area contributed by atoms with Gasteiger partial charge in [-0.25, -0.2) is 4.79 Å². The Morgan fingerprint density at radius 2 is 2.11 bits per heavy atom. The van der Waals surface area contributed by atoms with Crippen LogP contribution in [0, 0.1) is 0 Å². The number of esters is 1. The van der Waals surface area contributed by atoms with Gasteiger partial charge in [-0.05, 0) is 23.9 Å². The molecule has 0 aliphatic carbocycles. The molecule has 0 radical (unpaired) electrons. The van der Waals surface area contributed by atoms with Crippen molar-refractivity contribution >= 4 is 23.4 Å². The van der Waals surface area contributed by atoms with E-state index in [1.54, 1.807) is 6.07 Å². The molecular weight excluding hydrogens is 283 g/mol. The molecule has 0 fully saturated rings. The maximum absolute atomic E-state index is 11.9. The van der Waals surface area contributed by atoms with Gasteiger partial charge in [-0.1, -0.05) is 6.07 Å². The maximum atomic E-state index is 11.9. The summed E-state index contributed by atoms with van der Waals surface area (Å²) in [6, 6.07) is 4.51. The van der Waals surface area contributed by atoms with Crippen molar-refractivity contribution in [2.75, 3.05) is 25.2 Å². The van der Waals surface area contributed by atoms with Crippen molar-refractivity contribution in [1.82, 2.24) is 0 Å². The SMILES string of the molecule is COc1cccc(C(=O)OCCSC(F)(F)F)c1N. The summed E-state index contributed by atoms with van der Waals surface area (Å²) >= 11 is -0.251. The van der Waals surface area contributed by atoms with Gasteiger partial charge >= 0.3 is 11.5 Å². The number of anilines is 1. The van der Waals surface area contributed by atoms with Crippen LogP contribution in [0.15, 0.2) is 18.2 Å². The molecule has 0 atom stereocenters. The predicted octanol–water partition coefficient (Wildman–Crippen LogP) is 2.69. The van der Waals surface area contributed by atoms with E-state index < -0.39 is 11.5 Å². The summed E-state index contributed by atoms with van der Waals surface area (Å²) in [5.74, 6) is -0.836. The molecule has 8 heteroatoms. The van der Waals surface area contributed by atoms with E-state index in [2.05, 4.69) is 0 Å². The minimum atomic E-state index is -4.33. The van der Waals surface area contributed by atoms with E-state index >= 15 is 0 Å². The number of alkyl halides is 3. The van der Waals surface area contributed by atoms with Crippen LogP contribution in [0.3, 0.4) is 0 Å². The Morgan fingerprint density at radius 3 is 2.68 bits per heavy atom. The first-order valence-corrected chi connectivity index (χ1v) is 6.14. The number of thioether (sulfide) groups is 1. The van der Waals surface area contributed by atoms with Gasteiger partial charge in [0.05, 0.1) is 18.4 Å². The molecular formula is C11H12F3NO3S. The van der Waals surface area contributed by atoms with Crippen molar-refractivity contribution in [3.8, 4) is 5.75 Å². The van der Waals surface area contributed by atoms with Gasteiger partial charge in [0.15, 0.2) is 0 Å². The number of halogens is 3. The van der Waals surface area contributed by atoms with Crippen LogP contribution in [0.5, 0.6) is 5.75 Å². The highest BCUT2D eigenvalue weighted by atomic mass is 32.2. The number of benzene rings is 1. The Morgan fingerprint density at radius 1 is 1.42 bits per heavy atom. The zero-order valence-corrected chi connectivity index (χ0v) is 10.8. The molecule has 1 rings (SSSR count). The molecule has 1 aromatic carbocycles. The lowest BCUT2D eigenvalue weighted by Gasteiger charge is -2.10. The molecule has 2 N–H and O–H groups in total. The van der Waals surface area contributed by atoms with Gasteiger partial charge < -0.3 is 15.2 Å². The molecule has 0 unspecified atom stereocenters. The predicted molar refractivity (Wildman–Crippen MR) is 66.2 cm³/mol. The summed E-state index contributed by atoms with van der Waals surface area (Å²) in [7, 11) is 1.39. The van der Waals surface area contributed by atoms with Crippen LogP contribution < -0.4 is 10.5 Å². The number of para-hydroxylation sites is 1. The number of ether oxygens (including phenoxy) is 2. The Balaban J connectivity index is 2.55. The summed E-state index contributed by atoms with van der Waals surface area (Å²) in [6.45, 7) is -0.348. The quantitative estimate of drug-likeness (QED) is 0.514. The summed E-state index contributed by atoms with van der Waals surface area (Å²) in [5.41, 5.74) is 1.49. The Bertz CT molecular complexity index is 451. The van der Waals surface area contributed by atoms with Crippen molar-refractivity contribution in [1.29, 1.82) is 0 Å². The number of carbonyl (C=O) groups is 1. The molecule has 0 saturated carbocycles. The Labute approximate surface area is 112 Å². The number of nitrogens with two attached hydrogens (primary N) is 1. The average molecular weight is 295 g/mol. The number of carbonyl (C=O) groups excluding carboxylic acids is 1. The Kier molecular flexibility index (Phi) is 5.34. The molecule has 0 saturated heterocycles. The second kappa shape index (κ2) is 6.55. The minimum absolute atomic E-state index is 0.0661. The summed E-state index contributed by atoms with van der Waals surface area (Å²) in [6.07, 6.45) is 0. The highest BCUT2D eigenvalue weighted by Crippen LogP contribution is 2.30. The van der Waals surface area contributed by atoms with E-state index in [4.69, 9.17) is 15.2 Å². The molecule has 0 aliphatic rings. The molecule has 0 heterocycles. The van der Waals surface area contributed by atoms with Crippen LogP contribution in [0.2, 0.25) is 0 Å². The van der Waals surface area contributed by atoms with Crippen LogP contribution in [-0.4, -0.2) is 30.9 Å². The smallest absolute Gasteiger partial charge is 0.441 e. The molecule has 4 nitrogen and oxygen atoms in total. The van der Waals surface area contributed by atoms with Gasteiger partial charge in [0, 0.05) is 5.75 Å². The number of rotatable bonds is 5. The van der Waals surface area contributed by atoms with Crippen LogP contribution >= 0.6 is 11.8 Å². The molecule has 0 amide bonds. The van der Waals surface area contributed by atoms with Gasteiger partial charge in [-0.3, -0.25) is 0 Å². The second-order valence-corrected chi connectivity index (χ2v) is 4.51. The minimum Gasteiger partial charge on any atom is -0.495 e. The summed E-state index contributed by atoms with van der Waals surface area (Å²) in [5, 5.41) is 0. The van der Waals surface area contributed by atoms with Crippen molar-refractivity contribution in [3.05, 3.63) is 23.8 Å². The fraction of sp³-hybridized carbons (Fsp3) is 0.364. The molecule has 106 valence electrons.